The third-order valence-electron chi connectivity index (χ3n) is 5.72. The number of piperidine rings is 1. The van der Waals surface area contributed by atoms with Crippen LogP contribution in [0.2, 0.25) is 0 Å². The third-order valence-corrected chi connectivity index (χ3v) is 5.72. The van der Waals surface area contributed by atoms with Crippen LogP contribution in [0, 0.1) is 0 Å². The number of likely N-dealkylation sites (N-methyl/N-ethyl adjacent to an activating group) is 1. The minimum atomic E-state index is -1.33. The fraction of sp³-hybridized carbons (Fsp3) is 0.565. The van der Waals surface area contributed by atoms with E-state index in [0.717, 1.165) is 24.1 Å². The average Bonchev–Trinajstić information content (AvgIpc) is 3.13. The summed E-state index contributed by atoms with van der Waals surface area (Å²) >= 11 is 0. The SMILES string of the molecule is CCn1cc(CN(C)C[C@@]2(O)CCCN(Cc3ccc(C(C)C)cc3)C2=O)cn1. The van der Waals surface area contributed by atoms with Crippen molar-refractivity contribution in [1.82, 2.24) is 19.6 Å². The highest BCUT2D eigenvalue weighted by atomic mass is 16.3. The van der Waals surface area contributed by atoms with E-state index in [9.17, 15) is 9.90 Å². The molecular weight excluding hydrogens is 364 g/mol. The van der Waals surface area contributed by atoms with E-state index in [1.165, 1.54) is 5.56 Å². The van der Waals surface area contributed by atoms with Crippen molar-refractivity contribution in [1.29, 1.82) is 0 Å². The molecule has 1 aromatic carbocycles. The summed E-state index contributed by atoms with van der Waals surface area (Å²) in [6, 6.07) is 8.44. The number of likely N-dealkylation sites (tertiary alicyclic amines) is 1. The molecule has 0 radical (unpaired) electrons. The highest BCUT2D eigenvalue weighted by Gasteiger charge is 2.42. The highest BCUT2D eigenvalue weighted by molar-refractivity contribution is 5.86. The standard InChI is InChI=1S/C23H34N4O2/c1-5-27-16-20(13-24-27)14-25(4)17-23(29)11-6-12-26(22(23)28)15-19-7-9-21(10-8-19)18(2)3/h7-10,13,16,18,29H,5-6,11-12,14-15,17H2,1-4H3/t23-/m0/s1. The van der Waals surface area contributed by atoms with Gasteiger partial charge in [0.25, 0.3) is 5.91 Å². The van der Waals surface area contributed by atoms with E-state index in [4.69, 9.17) is 0 Å². The molecule has 1 fully saturated rings. The quantitative estimate of drug-likeness (QED) is 0.743. The highest BCUT2D eigenvalue weighted by Crippen LogP contribution is 2.26. The van der Waals surface area contributed by atoms with Gasteiger partial charge in [0.05, 0.1) is 6.20 Å². The van der Waals surface area contributed by atoms with Gasteiger partial charge in [-0.2, -0.15) is 5.10 Å². The van der Waals surface area contributed by atoms with Crippen LogP contribution in [0.15, 0.2) is 36.7 Å². The molecular formula is C23H34N4O2. The number of aryl methyl sites for hydroxylation is 1. The zero-order chi connectivity index (χ0) is 21.0. The third kappa shape index (κ3) is 5.25. The van der Waals surface area contributed by atoms with Crippen LogP contribution in [0.5, 0.6) is 0 Å². The molecule has 158 valence electrons. The van der Waals surface area contributed by atoms with Crippen LogP contribution < -0.4 is 0 Å². The molecule has 1 aliphatic rings. The molecule has 1 amide bonds. The maximum Gasteiger partial charge on any atom is 0.256 e. The van der Waals surface area contributed by atoms with Crippen molar-refractivity contribution in [3.63, 3.8) is 0 Å². The Morgan fingerprint density at radius 3 is 2.59 bits per heavy atom. The molecule has 0 saturated carbocycles. The van der Waals surface area contributed by atoms with Gasteiger partial charge in [-0.15, -0.1) is 0 Å². The van der Waals surface area contributed by atoms with Gasteiger partial charge in [-0.25, -0.2) is 0 Å². The van der Waals surface area contributed by atoms with Crippen LogP contribution in [0.3, 0.4) is 0 Å². The number of aromatic nitrogens is 2. The summed E-state index contributed by atoms with van der Waals surface area (Å²) in [4.78, 5) is 16.9. The number of benzene rings is 1. The van der Waals surface area contributed by atoms with E-state index in [2.05, 4.69) is 50.1 Å². The predicted molar refractivity (Wildman–Crippen MR) is 114 cm³/mol. The molecule has 0 aliphatic carbocycles. The lowest BCUT2D eigenvalue weighted by Gasteiger charge is -2.40. The van der Waals surface area contributed by atoms with Crippen molar-refractivity contribution in [2.24, 2.45) is 0 Å². The number of hydrogen-bond acceptors (Lipinski definition) is 4. The molecule has 2 heterocycles. The summed E-state index contributed by atoms with van der Waals surface area (Å²) in [5.74, 6) is 0.332. The van der Waals surface area contributed by atoms with Gasteiger partial charge in [0.15, 0.2) is 5.60 Å². The Morgan fingerprint density at radius 1 is 1.24 bits per heavy atom. The Morgan fingerprint density at radius 2 is 1.97 bits per heavy atom. The van der Waals surface area contributed by atoms with Crippen molar-refractivity contribution >= 4 is 5.91 Å². The number of carbonyl (C=O) groups is 1. The fourth-order valence-corrected chi connectivity index (χ4v) is 4.07. The number of aliphatic hydroxyl groups is 1. The van der Waals surface area contributed by atoms with Crippen LogP contribution in [0.1, 0.15) is 56.2 Å². The van der Waals surface area contributed by atoms with E-state index in [-0.39, 0.29) is 5.91 Å². The van der Waals surface area contributed by atoms with E-state index in [0.29, 0.717) is 38.5 Å². The topological polar surface area (TPSA) is 61.6 Å². The first-order valence-electron chi connectivity index (χ1n) is 10.6. The summed E-state index contributed by atoms with van der Waals surface area (Å²) in [5, 5.41) is 15.4. The van der Waals surface area contributed by atoms with Crippen LogP contribution in [0.4, 0.5) is 0 Å². The Balaban J connectivity index is 1.62. The van der Waals surface area contributed by atoms with E-state index >= 15 is 0 Å². The van der Waals surface area contributed by atoms with Crippen LogP contribution in [-0.2, 0) is 24.4 Å². The molecule has 6 heteroatoms. The van der Waals surface area contributed by atoms with Crippen molar-refractivity contribution < 1.29 is 9.90 Å². The number of hydrogen-bond donors (Lipinski definition) is 1. The van der Waals surface area contributed by atoms with Gasteiger partial charge < -0.3 is 10.0 Å². The predicted octanol–water partition coefficient (Wildman–Crippen LogP) is 3.01. The molecule has 1 atom stereocenters. The Labute approximate surface area is 174 Å². The molecule has 3 rings (SSSR count). The lowest BCUT2D eigenvalue weighted by atomic mass is 9.90. The Hall–Kier alpha value is -2.18. The van der Waals surface area contributed by atoms with Crippen molar-refractivity contribution in [2.45, 2.75) is 64.8 Å². The summed E-state index contributed by atoms with van der Waals surface area (Å²) in [6.45, 7) is 9.46. The second kappa shape index (κ2) is 9.09. The average molecular weight is 399 g/mol. The first kappa shape index (κ1) is 21.5. The number of amides is 1. The lowest BCUT2D eigenvalue weighted by Crippen LogP contribution is -2.57. The van der Waals surface area contributed by atoms with Crippen LogP contribution in [0.25, 0.3) is 0 Å². The molecule has 0 bridgehead atoms. The number of carbonyl (C=O) groups excluding carboxylic acids is 1. The van der Waals surface area contributed by atoms with Gasteiger partial charge in [-0.05, 0) is 43.9 Å². The number of rotatable bonds is 8. The largest absolute Gasteiger partial charge is 0.379 e. The smallest absolute Gasteiger partial charge is 0.256 e. The van der Waals surface area contributed by atoms with Crippen LogP contribution in [-0.4, -0.2) is 56.3 Å². The number of nitrogens with zero attached hydrogens (tertiary/aromatic N) is 4. The normalized spacial score (nSPS) is 20.1. The fourth-order valence-electron chi connectivity index (χ4n) is 4.07. The first-order chi connectivity index (χ1) is 13.8. The second-order valence-electron chi connectivity index (χ2n) is 8.63. The molecule has 0 spiro atoms. The Bertz CT molecular complexity index is 815. The monoisotopic (exact) mass is 398 g/mol. The maximum atomic E-state index is 13.1. The molecule has 1 N–H and O–H groups in total. The molecule has 2 aromatic rings. The molecule has 1 aliphatic heterocycles. The van der Waals surface area contributed by atoms with E-state index in [1.54, 1.807) is 4.90 Å². The van der Waals surface area contributed by atoms with E-state index in [1.807, 2.05) is 29.0 Å². The maximum absolute atomic E-state index is 13.1. The second-order valence-corrected chi connectivity index (χ2v) is 8.63. The molecule has 6 nitrogen and oxygen atoms in total. The lowest BCUT2D eigenvalue weighted by molar-refractivity contribution is -0.160. The van der Waals surface area contributed by atoms with Gasteiger partial charge in [-0.1, -0.05) is 38.1 Å². The summed E-state index contributed by atoms with van der Waals surface area (Å²) in [6.07, 6.45) is 5.18. The first-order valence-corrected chi connectivity index (χ1v) is 10.6. The summed E-state index contributed by atoms with van der Waals surface area (Å²) in [7, 11) is 1.94. The summed E-state index contributed by atoms with van der Waals surface area (Å²) in [5.41, 5.74) is 2.16. The zero-order valence-corrected chi connectivity index (χ0v) is 18.1. The van der Waals surface area contributed by atoms with Crippen molar-refractivity contribution in [3.8, 4) is 0 Å². The minimum absolute atomic E-state index is 0.159. The summed E-state index contributed by atoms with van der Waals surface area (Å²) < 4.78 is 1.88. The van der Waals surface area contributed by atoms with E-state index < -0.39 is 5.60 Å². The molecule has 1 saturated heterocycles. The zero-order valence-electron chi connectivity index (χ0n) is 18.1. The van der Waals surface area contributed by atoms with Crippen molar-refractivity contribution in [3.05, 3.63) is 53.3 Å². The molecule has 29 heavy (non-hydrogen) atoms. The Kier molecular flexibility index (Phi) is 6.75. The minimum Gasteiger partial charge on any atom is -0.379 e. The molecule has 0 unspecified atom stereocenters. The van der Waals surface area contributed by atoms with Gasteiger partial charge in [-0.3, -0.25) is 14.4 Å². The van der Waals surface area contributed by atoms with Gasteiger partial charge in [0, 0.05) is 44.5 Å². The van der Waals surface area contributed by atoms with Gasteiger partial charge in [0.2, 0.25) is 0 Å². The van der Waals surface area contributed by atoms with Gasteiger partial charge >= 0.3 is 0 Å². The van der Waals surface area contributed by atoms with Crippen LogP contribution >= 0.6 is 0 Å². The molecule has 1 aromatic heterocycles. The van der Waals surface area contributed by atoms with Gasteiger partial charge in [0.1, 0.15) is 0 Å². The van der Waals surface area contributed by atoms with Crippen molar-refractivity contribution in [2.75, 3.05) is 20.1 Å².